The Morgan fingerprint density at radius 3 is 2.83 bits per heavy atom. The molecule has 2 fully saturated rings. The second-order valence-corrected chi connectivity index (χ2v) is 6.54. The van der Waals surface area contributed by atoms with E-state index in [9.17, 15) is 9.90 Å². The molecule has 0 saturated carbocycles. The highest BCUT2D eigenvalue weighted by Gasteiger charge is 2.38. The molecular formula is C18H25NO4. The van der Waals surface area contributed by atoms with Crippen molar-refractivity contribution in [1.29, 1.82) is 0 Å². The minimum Gasteiger partial charge on any atom is -0.504 e. The first kappa shape index (κ1) is 16.1. The molecule has 2 aliphatic heterocycles. The van der Waals surface area contributed by atoms with Crippen LogP contribution in [-0.2, 0) is 9.53 Å². The normalized spacial score (nSPS) is 28.0. The molecular weight excluding hydrogens is 294 g/mol. The summed E-state index contributed by atoms with van der Waals surface area (Å²) in [7, 11) is 1.55. The molecule has 0 bridgehead atoms. The number of hydrogen-bond donors (Lipinski definition) is 1. The lowest BCUT2D eigenvalue weighted by molar-refractivity contribution is -0.152. The number of piperidine rings is 2. The largest absolute Gasteiger partial charge is 0.504 e. The number of rotatable bonds is 3. The molecule has 2 heterocycles. The predicted octanol–water partition coefficient (Wildman–Crippen LogP) is 3.02. The summed E-state index contributed by atoms with van der Waals surface area (Å²) in [6.45, 7) is 2.54. The summed E-state index contributed by atoms with van der Waals surface area (Å²) in [4.78, 5) is 13.9. The van der Waals surface area contributed by atoms with Crippen LogP contribution in [0.4, 0.5) is 0 Å². The number of ether oxygens (including phenoxy) is 2. The zero-order chi connectivity index (χ0) is 16.4. The van der Waals surface area contributed by atoms with Gasteiger partial charge in [0.05, 0.1) is 7.11 Å². The first-order valence-corrected chi connectivity index (χ1v) is 8.38. The number of aromatic hydroxyl groups is 1. The Morgan fingerprint density at radius 2 is 2.13 bits per heavy atom. The van der Waals surface area contributed by atoms with Crippen molar-refractivity contribution in [2.45, 2.75) is 57.2 Å². The lowest BCUT2D eigenvalue weighted by Crippen LogP contribution is -2.49. The zero-order valence-corrected chi connectivity index (χ0v) is 13.8. The van der Waals surface area contributed by atoms with E-state index in [2.05, 4.69) is 4.90 Å². The molecule has 2 saturated heterocycles. The monoisotopic (exact) mass is 319 g/mol. The van der Waals surface area contributed by atoms with Gasteiger partial charge in [0.1, 0.15) is 6.10 Å². The number of benzene rings is 1. The van der Waals surface area contributed by atoms with Crippen LogP contribution in [-0.4, -0.2) is 41.8 Å². The van der Waals surface area contributed by atoms with Gasteiger partial charge in [0.25, 0.3) is 0 Å². The summed E-state index contributed by atoms with van der Waals surface area (Å²) in [5.41, 5.74) is 1.06. The molecule has 0 aliphatic carbocycles. The third kappa shape index (κ3) is 3.44. The van der Waals surface area contributed by atoms with Crippen molar-refractivity contribution in [2.24, 2.45) is 0 Å². The van der Waals surface area contributed by atoms with Crippen LogP contribution in [0.15, 0.2) is 18.2 Å². The van der Waals surface area contributed by atoms with Crippen molar-refractivity contribution in [3.05, 3.63) is 23.8 Å². The molecule has 126 valence electrons. The zero-order valence-electron chi connectivity index (χ0n) is 13.8. The van der Waals surface area contributed by atoms with Gasteiger partial charge in [0.15, 0.2) is 11.5 Å². The molecule has 23 heavy (non-hydrogen) atoms. The first-order valence-electron chi connectivity index (χ1n) is 8.38. The second kappa shape index (κ2) is 6.79. The maximum absolute atomic E-state index is 11.4. The van der Waals surface area contributed by atoms with Gasteiger partial charge in [-0.1, -0.05) is 12.5 Å². The van der Waals surface area contributed by atoms with Crippen LogP contribution in [0.2, 0.25) is 0 Å². The summed E-state index contributed by atoms with van der Waals surface area (Å²) in [5, 5.41) is 10.1. The Balaban J connectivity index is 1.86. The van der Waals surface area contributed by atoms with Crippen LogP contribution in [0.1, 0.15) is 50.6 Å². The molecule has 5 heteroatoms. The van der Waals surface area contributed by atoms with Gasteiger partial charge in [0, 0.05) is 31.8 Å². The van der Waals surface area contributed by atoms with Gasteiger partial charge in [-0.15, -0.1) is 0 Å². The van der Waals surface area contributed by atoms with E-state index in [1.807, 2.05) is 6.07 Å². The van der Waals surface area contributed by atoms with E-state index in [0.717, 1.165) is 31.4 Å². The molecule has 1 N–H and O–H groups in total. The summed E-state index contributed by atoms with van der Waals surface area (Å²) < 4.78 is 10.6. The molecule has 3 unspecified atom stereocenters. The molecule has 5 nitrogen and oxygen atoms in total. The Labute approximate surface area is 137 Å². The number of phenols is 1. The average molecular weight is 319 g/mol. The maximum atomic E-state index is 11.4. The number of fused-ring (bicyclic) bond motifs is 1. The van der Waals surface area contributed by atoms with Crippen LogP contribution in [0.25, 0.3) is 0 Å². The predicted molar refractivity (Wildman–Crippen MR) is 86.5 cm³/mol. The van der Waals surface area contributed by atoms with Crippen molar-refractivity contribution in [2.75, 3.05) is 13.7 Å². The molecule has 0 radical (unpaired) electrons. The van der Waals surface area contributed by atoms with E-state index in [1.54, 1.807) is 19.2 Å². The topological polar surface area (TPSA) is 59.0 Å². The minimum absolute atomic E-state index is 0.0407. The fraction of sp³-hybridized carbons (Fsp3) is 0.611. The maximum Gasteiger partial charge on any atom is 0.302 e. The summed E-state index contributed by atoms with van der Waals surface area (Å²) >= 11 is 0. The Hall–Kier alpha value is -1.75. The SMILES string of the molecule is COc1ccc(C2CC(OC(C)=O)CC3CCCCN32)cc1O. The Bertz CT molecular complexity index is 574. The molecule has 0 spiro atoms. The van der Waals surface area contributed by atoms with E-state index in [4.69, 9.17) is 9.47 Å². The van der Waals surface area contributed by atoms with Gasteiger partial charge < -0.3 is 14.6 Å². The summed E-state index contributed by atoms with van der Waals surface area (Å²) in [5.74, 6) is 0.431. The van der Waals surface area contributed by atoms with Gasteiger partial charge in [-0.05, 0) is 37.1 Å². The highest BCUT2D eigenvalue weighted by atomic mass is 16.5. The van der Waals surface area contributed by atoms with E-state index in [-0.39, 0.29) is 23.9 Å². The third-order valence-corrected chi connectivity index (χ3v) is 5.01. The van der Waals surface area contributed by atoms with E-state index in [1.165, 1.54) is 19.8 Å². The Morgan fingerprint density at radius 1 is 1.30 bits per heavy atom. The van der Waals surface area contributed by atoms with E-state index < -0.39 is 0 Å². The molecule has 0 aromatic heterocycles. The fourth-order valence-corrected chi connectivity index (χ4v) is 4.04. The average Bonchev–Trinajstić information content (AvgIpc) is 2.53. The first-order chi connectivity index (χ1) is 11.1. The van der Waals surface area contributed by atoms with Crippen LogP contribution in [0, 0.1) is 0 Å². The minimum atomic E-state index is -0.212. The van der Waals surface area contributed by atoms with Crippen molar-refractivity contribution in [3.63, 3.8) is 0 Å². The number of hydrogen-bond acceptors (Lipinski definition) is 5. The molecule has 1 aromatic rings. The van der Waals surface area contributed by atoms with E-state index in [0.29, 0.717) is 11.8 Å². The van der Waals surface area contributed by atoms with Gasteiger partial charge in [-0.3, -0.25) is 9.69 Å². The standard InChI is InChI=1S/C18H25NO4/c1-12(20)23-15-10-14-5-3-4-8-19(14)16(11-15)13-6-7-18(22-2)17(21)9-13/h6-7,9,14-16,21H,3-5,8,10-11H2,1-2H3. The van der Waals surface area contributed by atoms with Gasteiger partial charge in [-0.25, -0.2) is 0 Å². The molecule has 3 atom stereocenters. The lowest BCUT2D eigenvalue weighted by atomic mass is 9.84. The number of carbonyl (C=O) groups excluding carboxylic acids is 1. The number of phenolic OH excluding ortho intramolecular Hbond substituents is 1. The highest BCUT2D eigenvalue weighted by molar-refractivity contribution is 5.66. The van der Waals surface area contributed by atoms with Crippen molar-refractivity contribution in [1.82, 2.24) is 4.90 Å². The molecule has 0 amide bonds. The number of methoxy groups -OCH3 is 1. The lowest BCUT2D eigenvalue weighted by Gasteiger charge is -2.47. The highest BCUT2D eigenvalue weighted by Crippen LogP contribution is 2.41. The van der Waals surface area contributed by atoms with E-state index >= 15 is 0 Å². The molecule has 2 aliphatic rings. The fourth-order valence-electron chi connectivity index (χ4n) is 4.04. The van der Waals surface area contributed by atoms with Gasteiger partial charge >= 0.3 is 5.97 Å². The number of esters is 1. The quantitative estimate of drug-likeness (QED) is 0.868. The Kier molecular flexibility index (Phi) is 4.76. The number of carbonyl (C=O) groups is 1. The second-order valence-electron chi connectivity index (χ2n) is 6.54. The molecule has 1 aromatic carbocycles. The van der Waals surface area contributed by atoms with Gasteiger partial charge in [0.2, 0.25) is 0 Å². The van der Waals surface area contributed by atoms with Crippen LogP contribution in [0.5, 0.6) is 11.5 Å². The third-order valence-electron chi connectivity index (χ3n) is 5.01. The van der Waals surface area contributed by atoms with Crippen molar-refractivity contribution in [3.8, 4) is 11.5 Å². The summed E-state index contributed by atoms with van der Waals surface area (Å²) in [6, 6.07) is 6.22. The van der Waals surface area contributed by atoms with Crippen LogP contribution >= 0.6 is 0 Å². The van der Waals surface area contributed by atoms with Crippen LogP contribution in [0.3, 0.4) is 0 Å². The van der Waals surface area contributed by atoms with Gasteiger partial charge in [-0.2, -0.15) is 0 Å². The smallest absolute Gasteiger partial charge is 0.302 e. The number of nitrogens with zero attached hydrogens (tertiary/aromatic N) is 1. The van der Waals surface area contributed by atoms with Crippen molar-refractivity contribution >= 4 is 5.97 Å². The van der Waals surface area contributed by atoms with Crippen LogP contribution < -0.4 is 4.74 Å². The van der Waals surface area contributed by atoms with Crippen molar-refractivity contribution < 1.29 is 19.4 Å². The molecule has 3 rings (SSSR count). The summed E-state index contributed by atoms with van der Waals surface area (Å²) in [6.07, 6.45) is 5.24.